The van der Waals surface area contributed by atoms with Gasteiger partial charge in [-0.15, -0.1) is 5.10 Å². The molecule has 5 heteroatoms. The van der Waals surface area contributed by atoms with E-state index < -0.39 is 0 Å². The summed E-state index contributed by atoms with van der Waals surface area (Å²) in [6, 6.07) is 6.93. The molecule has 25 heavy (non-hydrogen) atoms. The van der Waals surface area contributed by atoms with E-state index in [1.807, 2.05) is 0 Å². The minimum absolute atomic E-state index is 0.447. The number of nitrogens with one attached hydrogen (secondary N) is 1. The third-order valence-electron chi connectivity index (χ3n) is 5.08. The molecule has 1 fully saturated rings. The fraction of sp³-hybridized carbons (Fsp3) is 0.550. The van der Waals surface area contributed by atoms with Crippen molar-refractivity contribution in [1.29, 1.82) is 0 Å². The average molecular weight is 339 g/mol. The van der Waals surface area contributed by atoms with Gasteiger partial charge in [-0.25, -0.2) is 0 Å². The highest BCUT2D eigenvalue weighted by molar-refractivity contribution is 5.65. The molecule has 1 saturated heterocycles. The number of nitrogens with zero attached hydrogens (tertiary/aromatic N) is 4. The summed E-state index contributed by atoms with van der Waals surface area (Å²) in [6.45, 7) is 9.81. The van der Waals surface area contributed by atoms with Crippen LogP contribution in [0.1, 0.15) is 63.5 Å². The van der Waals surface area contributed by atoms with Gasteiger partial charge in [0.2, 0.25) is 5.95 Å². The van der Waals surface area contributed by atoms with Crippen LogP contribution < -0.4 is 10.2 Å². The SMILES string of the molecule is CCC1CCCCN1c1nncc(Nc2c(C)cccc2C(C)C)n1. The molecule has 1 atom stereocenters. The number of benzene rings is 1. The van der Waals surface area contributed by atoms with Crippen LogP contribution in [0.4, 0.5) is 17.5 Å². The smallest absolute Gasteiger partial charge is 0.247 e. The van der Waals surface area contributed by atoms with Crippen LogP contribution in [0.5, 0.6) is 0 Å². The zero-order valence-corrected chi connectivity index (χ0v) is 15.8. The fourth-order valence-electron chi connectivity index (χ4n) is 3.63. The highest BCUT2D eigenvalue weighted by atomic mass is 15.3. The first-order chi connectivity index (χ1) is 12.1. The maximum absolute atomic E-state index is 4.77. The summed E-state index contributed by atoms with van der Waals surface area (Å²) >= 11 is 0. The number of rotatable bonds is 5. The molecule has 0 aliphatic carbocycles. The quantitative estimate of drug-likeness (QED) is 0.846. The first kappa shape index (κ1) is 17.6. The lowest BCUT2D eigenvalue weighted by atomic mass is 9.98. The Bertz CT molecular complexity index is 713. The summed E-state index contributed by atoms with van der Waals surface area (Å²) in [5.74, 6) is 1.96. The highest BCUT2D eigenvalue weighted by Crippen LogP contribution is 2.30. The van der Waals surface area contributed by atoms with E-state index in [4.69, 9.17) is 4.98 Å². The lowest BCUT2D eigenvalue weighted by Crippen LogP contribution is -2.40. The number of hydrogen-bond acceptors (Lipinski definition) is 5. The maximum atomic E-state index is 4.77. The Morgan fingerprint density at radius 3 is 2.88 bits per heavy atom. The Hall–Kier alpha value is -2.17. The lowest BCUT2D eigenvalue weighted by molar-refractivity contribution is 0.442. The molecule has 0 bridgehead atoms. The van der Waals surface area contributed by atoms with Crippen LogP contribution in [0, 0.1) is 6.92 Å². The van der Waals surface area contributed by atoms with Gasteiger partial charge in [-0.1, -0.05) is 39.0 Å². The molecule has 1 aromatic carbocycles. The fourth-order valence-corrected chi connectivity index (χ4v) is 3.63. The number of anilines is 3. The highest BCUT2D eigenvalue weighted by Gasteiger charge is 2.23. The molecular weight excluding hydrogens is 310 g/mol. The summed E-state index contributed by atoms with van der Waals surface area (Å²) in [6.07, 6.45) is 6.54. The van der Waals surface area contributed by atoms with E-state index in [2.05, 4.69) is 66.3 Å². The molecule has 1 unspecified atom stereocenters. The molecule has 2 aromatic rings. The molecule has 0 saturated carbocycles. The second kappa shape index (κ2) is 7.81. The van der Waals surface area contributed by atoms with Gasteiger partial charge in [0.25, 0.3) is 0 Å². The average Bonchev–Trinajstić information content (AvgIpc) is 2.63. The Kier molecular flexibility index (Phi) is 5.51. The van der Waals surface area contributed by atoms with Gasteiger partial charge in [0.05, 0.1) is 6.20 Å². The standard InChI is InChI=1S/C20H29N5/c1-5-16-10-6-7-12-25(16)20-23-18(13-21-24-20)22-19-15(4)9-8-11-17(19)14(2)3/h8-9,11,13-14,16H,5-7,10,12H2,1-4H3,(H,22,23,24). The van der Waals surface area contributed by atoms with Crippen molar-refractivity contribution >= 4 is 17.5 Å². The van der Waals surface area contributed by atoms with Crippen molar-refractivity contribution in [3.63, 3.8) is 0 Å². The molecule has 3 rings (SSSR count). The van der Waals surface area contributed by atoms with Crippen LogP contribution in [-0.4, -0.2) is 27.8 Å². The Morgan fingerprint density at radius 2 is 2.12 bits per heavy atom. The molecule has 0 amide bonds. The Labute approximate surface area is 150 Å². The van der Waals surface area contributed by atoms with E-state index in [0.717, 1.165) is 30.4 Å². The van der Waals surface area contributed by atoms with Gasteiger partial charge in [0.15, 0.2) is 5.82 Å². The number of para-hydroxylation sites is 1. The van der Waals surface area contributed by atoms with Crippen LogP contribution in [0.2, 0.25) is 0 Å². The largest absolute Gasteiger partial charge is 0.338 e. The number of aromatic nitrogens is 3. The first-order valence-corrected chi connectivity index (χ1v) is 9.43. The van der Waals surface area contributed by atoms with Crippen molar-refractivity contribution in [2.45, 2.75) is 65.3 Å². The summed E-state index contributed by atoms with van der Waals surface area (Å²) in [5.41, 5.74) is 3.65. The van der Waals surface area contributed by atoms with Gasteiger partial charge in [-0.3, -0.25) is 0 Å². The topological polar surface area (TPSA) is 53.9 Å². The zero-order valence-electron chi connectivity index (χ0n) is 15.8. The van der Waals surface area contributed by atoms with Gasteiger partial charge in [-0.2, -0.15) is 10.1 Å². The van der Waals surface area contributed by atoms with Crippen LogP contribution >= 0.6 is 0 Å². The van der Waals surface area contributed by atoms with Gasteiger partial charge in [0.1, 0.15) is 0 Å². The van der Waals surface area contributed by atoms with Gasteiger partial charge in [0, 0.05) is 18.3 Å². The van der Waals surface area contributed by atoms with Crippen LogP contribution in [0.25, 0.3) is 0 Å². The van der Waals surface area contributed by atoms with Gasteiger partial charge >= 0.3 is 0 Å². The second-order valence-electron chi connectivity index (χ2n) is 7.21. The van der Waals surface area contributed by atoms with Crippen molar-refractivity contribution in [3.05, 3.63) is 35.5 Å². The van der Waals surface area contributed by atoms with E-state index in [1.54, 1.807) is 6.20 Å². The predicted octanol–water partition coefficient (Wildman–Crippen LogP) is 4.82. The van der Waals surface area contributed by atoms with Crippen molar-refractivity contribution in [1.82, 2.24) is 15.2 Å². The first-order valence-electron chi connectivity index (χ1n) is 9.43. The third kappa shape index (κ3) is 3.91. The molecule has 2 heterocycles. The number of aryl methyl sites for hydroxylation is 1. The number of piperidine rings is 1. The van der Waals surface area contributed by atoms with E-state index in [0.29, 0.717) is 12.0 Å². The molecule has 1 N–H and O–H groups in total. The summed E-state index contributed by atoms with van der Waals surface area (Å²) in [5, 5.41) is 12.0. The normalized spacial score (nSPS) is 17.8. The minimum Gasteiger partial charge on any atom is -0.338 e. The van der Waals surface area contributed by atoms with Crippen LogP contribution in [-0.2, 0) is 0 Å². The molecule has 1 aliphatic heterocycles. The minimum atomic E-state index is 0.447. The van der Waals surface area contributed by atoms with Crippen molar-refractivity contribution in [3.8, 4) is 0 Å². The second-order valence-corrected chi connectivity index (χ2v) is 7.21. The van der Waals surface area contributed by atoms with Crippen LogP contribution in [0.3, 0.4) is 0 Å². The zero-order chi connectivity index (χ0) is 17.8. The van der Waals surface area contributed by atoms with E-state index in [1.165, 1.54) is 30.4 Å². The van der Waals surface area contributed by atoms with E-state index in [-0.39, 0.29) is 0 Å². The van der Waals surface area contributed by atoms with Gasteiger partial charge < -0.3 is 10.2 Å². The monoisotopic (exact) mass is 339 g/mol. The predicted molar refractivity (Wildman–Crippen MR) is 104 cm³/mol. The molecule has 1 aliphatic rings. The summed E-state index contributed by atoms with van der Waals surface area (Å²) in [7, 11) is 0. The van der Waals surface area contributed by atoms with Crippen molar-refractivity contribution < 1.29 is 0 Å². The molecular formula is C20H29N5. The lowest BCUT2D eigenvalue weighted by Gasteiger charge is -2.35. The Morgan fingerprint density at radius 1 is 1.28 bits per heavy atom. The summed E-state index contributed by atoms with van der Waals surface area (Å²) in [4.78, 5) is 7.09. The van der Waals surface area contributed by atoms with Crippen molar-refractivity contribution in [2.24, 2.45) is 0 Å². The molecule has 0 spiro atoms. The maximum Gasteiger partial charge on any atom is 0.247 e. The number of hydrogen-bond donors (Lipinski definition) is 1. The molecule has 0 radical (unpaired) electrons. The molecule has 134 valence electrons. The van der Waals surface area contributed by atoms with E-state index in [9.17, 15) is 0 Å². The van der Waals surface area contributed by atoms with Crippen LogP contribution in [0.15, 0.2) is 24.4 Å². The molecule has 5 nitrogen and oxygen atoms in total. The molecule has 1 aromatic heterocycles. The Balaban J connectivity index is 1.88. The third-order valence-corrected chi connectivity index (χ3v) is 5.08. The van der Waals surface area contributed by atoms with E-state index >= 15 is 0 Å². The van der Waals surface area contributed by atoms with Gasteiger partial charge in [-0.05, 0) is 49.7 Å². The summed E-state index contributed by atoms with van der Waals surface area (Å²) < 4.78 is 0. The van der Waals surface area contributed by atoms with Crippen molar-refractivity contribution in [2.75, 3.05) is 16.8 Å².